The Morgan fingerprint density at radius 2 is 1.38 bits per heavy atom. The molecule has 8 heteroatoms. The Morgan fingerprint density at radius 1 is 0.825 bits per heavy atom. The first-order valence-corrected chi connectivity index (χ1v) is 15.4. The summed E-state index contributed by atoms with van der Waals surface area (Å²) in [5.41, 5.74) is 8.08. The van der Waals surface area contributed by atoms with Crippen LogP contribution in [0.15, 0.2) is 17.0 Å². The largest absolute Gasteiger partial charge is 0.874 e. The third-order valence-corrected chi connectivity index (χ3v) is 10.5. The van der Waals surface area contributed by atoms with Crippen LogP contribution in [0.3, 0.4) is 0 Å². The van der Waals surface area contributed by atoms with Crippen molar-refractivity contribution in [3.8, 4) is 0 Å². The van der Waals surface area contributed by atoms with Gasteiger partial charge in [0.2, 0.25) is 0 Å². The van der Waals surface area contributed by atoms with Gasteiger partial charge >= 0.3 is 0 Å². The van der Waals surface area contributed by atoms with Crippen molar-refractivity contribution in [2.24, 2.45) is 11.8 Å². The van der Waals surface area contributed by atoms with Crippen molar-refractivity contribution < 1.29 is 14.5 Å². The first-order chi connectivity index (χ1) is 19.0. The second kappa shape index (κ2) is 11.6. The topological polar surface area (TPSA) is 61.0 Å². The number of rotatable bonds is 10. The molecule has 1 aliphatic carbocycles. The first kappa shape index (κ1) is 29.2. The molecule has 2 saturated heterocycles. The van der Waals surface area contributed by atoms with Gasteiger partial charge in [-0.1, -0.05) is 0 Å². The molecule has 4 aliphatic rings. The van der Waals surface area contributed by atoms with Crippen LogP contribution in [0.25, 0.3) is 5.57 Å². The minimum Gasteiger partial charge on any atom is -0.874 e. The Morgan fingerprint density at radius 3 is 1.93 bits per heavy atom. The molecule has 0 spiro atoms. The lowest BCUT2D eigenvalue weighted by Gasteiger charge is -2.40. The molecule has 0 bridgehead atoms. The van der Waals surface area contributed by atoms with Crippen molar-refractivity contribution in [2.75, 3.05) is 59.9 Å². The van der Waals surface area contributed by atoms with E-state index in [0.717, 1.165) is 80.6 Å². The van der Waals surface area contributed by atoms with Crippen molar-refractivity contribution in [3.05, 3.63) is 39.5 Å². The molecule has 2 unspecified atom stereocenters. The molecule has 8 nitrogen and oxygen atoms in total. The van der Waals surface area contributed by atoms with Gasteiger partial charge in [-0.25, -0.2) is 24.6 Å². The van der Waals surface area contributed by atoms with Gasteiger partial charge in [-0.05, 0) is 58.9 Å². The Balaban J connectivity index is 1.35. The summed E-state index contributed by atoms with van der Waals surface area (Å²) in [6.07, 6.45) is 5.06. The van der Waals surface area contributed by atoms with Gasteiger partial charge in [0, 0.05) is 95.3 Å². The van der Waals surface area contributed by atoms with Crippen molar-refractivity contribution in [1.82, 2.24) is 24.6 Å². The second-order valence-corrected chi connectivity index (χ2v) is 12.5. The summed E-state index contributed by atoms with van der Waals surface area (Å²) in [5.74, 6) is -0.668. The molecule has 1 aromatic heterocycles. The zero-order chi connectivity index (χ0) is 28.9. The van der Waals surface area contributed by atoms with Crippen LogP contribution in [-0.4, -0.2) is 101 Å². The van der Waals surface area contributed by atoms with E-state index in [1.54, 1.807) is 0 Å². The highest BCUT2D eigenvalue weighted by molar-refractivity contribution is 6.31. The quantitative estimate of drug-likeness (QED) is 0.418. The van der Waals surface area contributed by atoms with Gasteiger partial charge in [0.05, 0.1) is 18.4 Å². The van der Waals surface area contributed by atoms with E-state index in [1.165, 1.54) is 37.0 Å². The van der Waals surface area contributed by atoms with Crippen LogP contribution in [0.5, 0.6) is 0 Å². The zero-order valence-corrected chi connectivity index (χ0v) is 26.1. The number of hydrazine groups is 2. The summed E-state index contributed by atoms with van der Waals surface area (Å²) in [5, 5.41) is 23.3. The molecule has 2 atom stereocenters. The number of likely N-dealkylation sites (N-methyl/N-ethyl adjacent to an activating group) is 2. The fourth-order valence-electron chi connectivity index (χ4n) is 7.64. The number of Topliss-reactive ketones (excluding diaryl/α,β-unsaturated/α-hetero) is 1. The number of hydrogen-bond donors (Lipinski definition) is 0. The molecule has 0 aromatic carbocycles. The minimum atomic E-state index is -0.588. The molecule has 220 valence electrons. The highest BCUT2D eigenvalue weighted by atomic mass is 16.3. The third-order valence-electron chi connectivity index (χ3n) is 10.5. The summed E-state index contributed by atoms with van der Waals surface area (Å²) in [6.45, 7) is 20.7. The molecule has 1 aromatic rings. The van der Waals surface area contributed by atoms with E-state index in [0.29, 0.717) is 5.57 Å². The smallest absolute Gasteiger partial charge is 0.177 e. The van der Waals surface area contributed by atoms with Crippen molar-refractivity contribution in [2.45, 2.75) is 73.8 Å². The number of aromatic nitrogens is 1. The van der Waals surface area contributed by atoms with E-state index in [9.17, 15) is 9.90 Å². The van der Waals surface area contributed by atoms with Gasteiger partial charge < -0.3 is 9.67 Å². The van der Waals surface area contributed by atoms with Crippen LogP contribution in [0.2, 0.25) is 0 Å². The van der Waals surface area contributed by atoms with Crippen molar-refractivity contribution >= 4 is 17.1 Å². The van der Waals surface area contributed by atoms with Crippen LogP contribution >= 0.6 is 0 Å². The van der Waals surface area contributed by atoms with E-state index in [1.807, 2.05) is 0 Å². The molecule has 0 saturated carbocycles. The predicted octanol–water partition coefficient (Wildman–Crippen LogP) is 2.97. The second-order valence-electron chi connectivity index (χ2n) is 12.5. The SMILES string of the molecule is CC1=C(C)[N+](CCN(C)N2CCCC2)=C(C)C1C1C(=O)C(c2c(C)c(C)n(CCN(C)N3CCCC3)c2C)=C1[O-]. The molecule has 0 amide bonds. The predicted molar refractivity (Wildman–Crippen MR) is 159 cm³/mol. The van der Waals surface area contributed by atoms with Gasteiger partial charge in [0.25, 0.3) is 0 Å². The summed E-state index contributed by atoms with van der Waals surface area (Å²) >= 11 is 0. The highest BCUT2D eigenvalue weighted by Gasteiger charge is 2.48. The zero-order valence-electron chi connectivity index (χ0n) is 26.1. The van der Waals surface area contributed by atoms with Crippen molar-refractivity contribution in [3.63, 3.8) is 0 Å². The van der Waals surface area contributed by atoms with Crippen LogP contribution in [0, 0.1) is 32.6 Å². The summed E-state index contributed by atoms with van der Waals surface area (Å²) in [7, 11) is 4.33. The van der Waals surface area contributed by atoms with Crippen LogP contribution < -0.4 is 5.11 Å². The van der Waals surface area contributed by atoms with Gasteiger partial charge in [-0.3, -0.25) is 4.79 Å². The van der Waals surface area contributed by atoms with Crippen LogP contribution in [0.4, 0.5) is 0 Å². The lowest BCUT2D eigenvalue weighted by Crippen LogP contribution is -2.44. The van der Waals surface area contributed by atoms with E-state index in [-0.39, 0.29) is 17.5 Å². The minimum absolute atomic E-state index is 0.0232. The fourth-order valence-corrected chi connectivity index (χ4v) is 7.64. The number of ketones is 1. The van der Waals surface area contributed by atoms with Gasteiger partial charge in [-0.15, -0.1) is 5.76 Å². The molecule has 4 heterocycles. The molecule has 2 fully saturated rings. The monoisotopic (exact) mass is 550 g/mol. The Hall–Kier alpha value is -2.26. The molecule has 5 rings (SSSR count). The Labute approximate surface area is 241 Å². The molecular formula is C32H50N6O2. The number of allylic oxidation sites excluding steroid dienone is 4. The van der Waals surface area contributed by atoms with E-state index < -0.39 is 5.92 Å². The lowest BCUT2D eigenvalue weighted by atomic mass is 9.68. The average molecular weight is 551 g/mol. The summed E-state index contributed by atoms with van der Waals surface area (Å²) in [6, 6.07) is 0. The average Bonchev–Trinajstić information content (AvgIpc) is 3.73. The Kier molecular flexibility index (Phi) is 8.44. The Bertz CT molecular complexity index is 1260. The van der Waals surface area contributed by atoms with Crippen molar-refractivity contribution in [1.29, 1.82) is 0 Å². The van der Waals surface area contributed by atoms with Gasteiger partial charge in [-0.2, -0.15) is 0 Å². The molecule has 0 radical (unpaired) electrons. The number of carbonyl (C=O) groups is 1. The summed E-state index contributed by atoms with van der Waals surface area (Å²) in [4.78, 5) is 13.8. The van der Waals surface area contributed by atoms with Gasteiger partial charge in [0.1, 0.15) is 0 Å². The standard InChI is InChI=1S/C32H50N6O2/c1-21-23(3)37(19-17-33(7)35-13-9-10-14-35)25(5)27(21)29-31(39)30(32(29)40)28-22(2)24(4)38(26(28)6)20-18-34(8)36-15-11-12-16-36/h27,29H,9-20H2,1-8H3. The van der Waals surface area contributed by atoms with Crippen LogP contribution in [-0.2, 0) is 11.3 Å². The summed E-state index contributed by atoms with van der Waals surface area (Å²) < 4.78 is 4.65. The maximum atomic E-state index is 13.8. The number of carbonyl (C=O) groups excluding carboxylic acids is 1. The number of nitrogens with zero attached hydrogens (tertiary/aromatic N) is 6. The highest BCUT2D eigenvalue weighted by Crippen LogP contribution is 2.46. The van der Waals surface area contributed by atoms with Gasteiger partial charge in [0.15, 0.2) is 23.7 Å². The third kappa shape index (κ3) is 4.91. The van der Waals surface area contributed by atoms with E-state index in [2.05, 4.69) is 84.8 Å². The fraction of sp³-hybridized carbons (Fsp3) is 0.688. The molecule has 40 heavy (non-hydrogen) atoms. The first-order valence-electron chi connectivity index (χ1n) is 15.4. The maximum Gasteiger partial charge on any atom is 0.177 e. The maximum absolute atomic E-state index is 13.8. The van der Waals surface area contributed by atoms with E-state index >= 15 is 0 Å². The molecule has 0 N–H and O–H groups in total. The van der Waals surface area contributed by atoms with E-state index in [4.69, 9.17) is 0 Å². The number of hydrogen-bond acceptors (Lipinski definition) is 6. The lowest BCUT2D eigenvalue weighted by molar-refractivity contribution is -0.477. The molecule has 3 aliphatic heterocycles. The molecular weight excluding hydrogens is 500 g/mol. The van der Waals surface area contributed by atoms with Crippen LogP contribution in [0.1, 0.15) is 69.0 Å². The normalized spacial score (nSPS) is 24.7.